The first kappa shape index (κ1) is 13.7. The highest BCUT2D eigenvalue weighted by Gasteiger charge is 2.56. The number of aryl methyl sites for hydroxylation is 1. The van der Waals surface area contributed by atoms with Crippen LogP contribution in [0.15, 0.2) is 41.3 Å². The number of hydrogen-bond donors (Lipinski definition) is 0. The minimum atomic E-state index is -1.39. The van der Waals surface area contributed by atoms with Crippen LogP contribution in [0.1, 0.15) is 19.4 Å². The second-order valence-electron chi connectivity index (χ2n) is 5.66. The summed E-state index contributed by atoms with van der Waals surface area (Å²) in [6.07, 6.45) is 3.48. The molecule has 0 radical (unpaired) electrons. The molecule has 0 N–H and O–H groups in total. The third kappa shape index (κ3) is 1.82. The zero-order chi connectivity index (χ0) is 14.5. The SMILES string of the molecule is Cc1ccc(S(=O)[C@@]23C=C[C@@H](O2)[C@@H](C)C(=O)[C@H]3C)cc1. The molecule has 1 fully saturated rings. The van der Waals surface area contributed by atoms with Crippen LogP contribution in [0.2, 0.25) is 0 Å². The van der Waals surface area contributed by atoms with Crippen molar-refractivity contribution in [2.45, 2.75) is 36.7 Å². The van der Waals surface area contributed by atoms with Crippen molar-refractivity contribution in [1.82, 2.24) is 0 Å². The molecule has 1 aromatic carbocycles. The van der Waals surface area contributed by atoms with E-state index in [9.17, 15) is 9.00 Å². The monoisotopic (exact) mass is 290 g/mol. The molecule has 3 rings (SSSR count). The molecule has 0 spiro atoms. The smallest absolute Gasteiger partial charge is 0.176 e. The third-order valence-electron chi connectivity index (χ3n) is 4.34. The first-order chi connectivity index (χ1) is 9.45. The van der Waals surface area contributed by atoms with Crippen LogP contribution in [0, 0.1) is 18.8 Å². The number of carbonyl (C=O) groups excluding carboxylic acids is 1. The van der Waals surface area contributed by atoms with E-state index in [2.05, 4.69) is 0 Å². The van der Waals surface area contributed by atoms with Crippen molar-refractivity contribution in [2.75, 3.05) is 0 Å². The Hall–Kier alpha value is -1.26. The van der Waals surface area contributed by atoms with Crippen molar-refractivity contribution < 1.29 is 13.7 Å². The summed E-state index contributed by atoms with van der Waals surface area (Å²) in [6.45, 7) is 5.68. The van der Waals surface area contributed by atoms with E-state index in [0.29, 0.717) is 4.90 Å². The summed E-state index contributed by atoms with van der Waals surface area (Å²) in [5.41, 5.74) is 1.12. The second kappa shape index (κ2) is 4.64. The summed E-state index contributed by atoms with van der Waals surface area (Å²) >= 11 is 0. The summed E-state index contributed by atoms with van der Waals surface area (Å²) in [4.78, 5) is 12.0. The minimum Gasteiger partial charge on any atom is -0.349 e. The number of fused-ring (bicyclic) bond motifs is 2. The Labute approximate surface area is 121 Å². The quantitative estimate of drug-likeness (QED) is 0.786. The molecule has 2 bridgehead atoms. The molecule has 0 saturated carbocycles. The number of carbonyl (C=O) groups is 1. The number of ketones is 1. The third-order valence-corrected chi connectivity index (χ3v) is 6.20. The van der Waals surface area contributed by atoms with Gasteiger partial charge in [0.1, 0.15) is 5.78 Å². The molecular weight excluding hydrogens is 272 g/mol. The molecule has 0 aromatic heterocycles. The van der Waals surface area contributed by atoms with Gasteiger partial charge < -0.3 is 4.74 Å². The summed E-state index contributed by atoms with van der Waals surface area (Å²) in [6, 6.07) is 7.55. The molecule has 5 atom stereocenters. The number of benzene rings is 1. The highest BCUT2D eigenvalue weighted by molar-refractivity contribution is 7.86. The molecule has 2 aliphatic rings. The maximum atomic E-state index is 12.9. The van der Waals surface area contributed by atoms with Gasteiger partial charge in [-0.05, 0) is 25.1 Å². The molecule has 1 aromatic rings. The van der Waals surface area contributed by atoms with Crippen LogP contribution in [-0.4, -0.2) is 21.0 Å². The predicted octanol–water partition coefficient (Wildman–Crippen LogP) is 2.61. The first-order valence-corrected chi connectivity index (χ1v) is 8.00. The van der Waals surface area contributed by atoms with Gasteiger partial charge in [-0.2, -0.15) is 0 Å². The van der Waals surface area contributed by atoms with Crippen LogP contribution < -0.4 is 0 Å². The molecule has 1 unspecified atom stereocenters. The van der Waals surface area contributed by atoms with Crippen LogP contribution >= 0.6 is 0 Å². The lowest BCUT2D eigenvalue weighted by Gasteiger charge is -2.39. The van der Waals surface area contributed by atoms with Gasteiger partial charge in [-0.1, -0.05) is 37.6 Å². The summed E-state index contributed by atoms with van der Waals surface area (Å²) < 4.78 is 18.9. The van der Waals surface area contributed by atoms with Gasteiger partial charge in [-0.3, -0.25) is 9.00 Å². The Balaban J connectivity index is 2.00. The van der Waals surface area contributed by atoms with Crippen LogP contribution in [0.5, 0.6) is 0 Å². The highest BCUT2D eigenvalue weighted by atomic mass is 32.2. The fourth-order valence-corrected chi connectivity index (χ4v) is 4.49. The van der Waals surface area contributed by atoms with Gasteiger partial charge >= 0.3 is 0 Å². The summed E-state index contributed by atoms with van der Waals surface area (Å²) in [5.74, 6) is -0.423. The molecule has 4 heteroatoms. The lowest BCUT2D eigenvalue weighted by atomic mass is 9.87. The fourth-order valence-electron chi connectivity index (χ4n) is 2.90. The fraction of sp³-hybridized carbons (Fsp3) is 0.438. The number of Topliss-reactive ketones (excluding diaryl/α,β-unsaturated/α-hetero) is 1. The van der Waals surface area contributed by atoms with Crippen molar-refractivity contribution in [2.24, 2.45) is 11.8 Å². The normalized spacial score (nSPS) is 37.1. The van der Waals surface area contributed by atoms with Crippen LogP contribution in [0.3, 0.4) is 0 Å². The molecule has 1 saturated heterocycles. The number of ether oxygens (including phenoxy) is 1. The Morgan fingerprint density at radius 3 is 2.50 bits per heavy atom. The molecule has 2 heterocycles. The van der Waals surface area contributed by atoms with Crippen molar-refractivity contribution >= 4 is 16.6 Å². The second-order valence-corrected chi connectivity index (χ2v) is 7.30. The summed E-state index contributed by atoms with van der Waals surface area (Å²) in [5, 5.41) is 0. The van der Waals surface area contributed by atoms with Crippen LogP contribution in [0.4, 0.5) is 0 Å². The number of hydrogen-bond acceptors (Lipinski definition) is 3. The predicted molar refractivity (Wildman–Crippen MR) is 77.7 cm³/mol. The average molecular weight is 290 g/mol. The van der Waals surface area contributed by atoms with E-state index in [0.717, 1.165) is 5.56 Å². The van der Waals surface area contributed by atoms with E-state index < -0.39 is 21.7 Å². The highest BCUT2D eigenvalue weighted by Crippen LogP contribution is 2.45. The van der Waals surface area contributed by atoms with E-state index in [-0.39, 0.29) is 17.8 Å². The molecule has 0 aliphatic carbocycles. The van der Waals surface area contributed by atoms with Gasteiger partial charge in [0, 0.05) is 10.8 Å². The lowest BCUT2D eigenvalue weighted by Crippen LogP contribution is -2.52. The molecule has 0 amide bonds. The first-order valence-electron chi connectivity index (χ1n) is 6.85. The maximum absolute atomic E-state index is 12.9. The minimum absolute atomic E-state index is 0.131. The lowest BCUT2D eigenvalue weighted by molar-refractivity contribution is -0.146. The zero-order valence-electron chi connectivity index (χ0n) is 11.8. The van der Waals surface area contributed by atoms with E-state index in [4.69, 9.17) is 4.74 Å². The Morgan fingerprint density at radius 2 is 1.85 bits per heavy atom. The van der Waals surface area contributed by atoms with Crippen molar-refractivity contribution in [3.8, 4) is 0 Å². The van der Waals surface area contributed by atoms with E-state index in [1.807, 2.05) is 57.2 Å². The van der Waals surface area contributed by atoms with Gasteiger partial charge in [0.25, 0.3) is 0 Å². The molecule has 20 heavy (non-hydrogen) atoms. The van der Waals surface area contributed by atoms with E-state index in [1.165, 1.54) is 0 Å². The molecular formula is C16H18O3S. The van der Waals surface area contributed by atoms with Gasteiger partial charge in [-0.25, -0.2) is 0 Å². The van der Waals surface area contributed by atoms with Gasteiger partial charge in [0.2, 0.25) is 0 Å². The van der Waals surface area contributed by atoms with Crippen molar-refractivity contribution in [3.63, 3.8) is 0 Å². The largest absolute Gasteiger partial charge is 0.349 e. The van der Waals surface area contributed by atoms with E-state index in [1.54, 1.807) is 0 Å². The Kier molecular flexibility index (Phi) is 3.18. The number of rotatable bonds is 2. The zero-order valence-corrected chi connectivity index (χ0v) is 12.6. The van der Waals surface area contributed by atoms with Gasteiger partial charge in [0.15, 0.2) is 4.93 Å². The van der Waals surface area contributed by atoms with Crippen molar-refractivity contribution in [3.05, 3.63) is 42.0 Å². The van der Waals surface area contributed by atoms with Gasteiger partial charge in [-0.15, -0.1) is 0 Å². The standard InChI is InChI=1S/C16H18O3S/c1-10-4-6-13(7-5-10)20(18)16-9-8-14(19-16)11(2)15(17)12(16)3/h4-9,11-12,14H,1-3H3/t11-,12-,14-,16-,20?/m1/s1. The van der Waals surface area contributed by atoms with Gasteiger partial charge in [0.05, 0.1) is 22.8 Å². The summed E-state index contributed by atoms with van der Waals surface area (Å²) in [7, 11) is -1.39. The Morgan fingerprint density at radius 1 is 1.20 bits per heavy atom. The Bertz CT molecular complexity index is 605. The average Bonchev–Trinajstić information content (AvgIpc) is 2.87. The van der Waals surface area contributed by atoms with Crippen LogP contribution in [0.25, 0.3) is 0 Å². The molecule has 106 valence electrons. The maximum Gasteiger partial charge on any atom is 0.176 e. The van der Waals surface area contributed by atoms with Crippen LogP contribution in [-0.2, 0) is 20.3 Å². The molecule has 3 nitrogen and oxygen atoms in total. The molecule has 2 aliphatic heterocycles. The van der Waals surface area contributed by atoms with Crippen molar-refractivity contribution in [1.29, 1.82) is 0 Å². The topological polar surface area (TPSA) is 43.4 Å². The van der Waals surface area contributed by atoms with E-state index >= 15 is 0 Å².